The van der Waals surface area contributed by atoms with Gasteiger partial charge in [0.25, 0.3) is 0 Å². The molecule has 0 unspecified atom stereocenters. The number of thioether (sulfide) groups is 1. The summed E-state index contributed by atoms with van der Waals surface area (Å²) in [5.74, 6) is 0.335. The molecule has 2 N–H and O–H groups in total. The van der Waals surface area contributed by atoms with Crippen LogP contribution in [0.2, 0.25) is 5.02 Å². The van der Waals surface area contributed by atoms with Crippen molar-refractivity contribution in [3.8, 4) is 5.69 Å². The summed E-state index contributed by atoms with van der Waals surface area (Å²) in [4.78, 5) is 10.8. The van der Waals surface area contributed by atoms with Crippen molar-refractivity contribution in [1.82, 2.24) is 14.8 Å². The van der Waals surface area contributed by atoms with E-state index in [4.69, 9.17) is 16.7 Å². The molecule has 0 atom stereocenters. The molecule has 1 aromatic heterocycles. The SMILES string of the molecule is O=C(O)CCSc1nnc(CNc2cccc(Cl)c2)n1-c1ccccc1. The summed E-state index contributed by atoms with van der Waals surface area (Å²) in [5, 5.41) is 22.0. The maximum absolute atomic E-state index is 10.8. The molecule has 0 aliphatic rings. The van der Waals surface area contributed by atoms with Gasteiger partial charge in [0.1, 0.15) is 0 Å². The van der Waals surface area contributed by atoms with Gasteiger partial charge in [-0.25, -0.2) is 0 Å². The Labute approximate surface area is 160 Å². The Bertz CT molecular complexity index is 886. The minimum absolute atomic E-state index is 0.0718. The van der Waals surface area contributed by atoms with Gasteiger partial charge < -0.3 is 10.4 Å². The monoisotopic (exact) mass is 388 g/mol. The van der Waals surface area contributed by atoms with E-state index in [1.54, 1.807) is 0 Å². The largest absolute Gasteiger partial charge is 0.481 e. The summed E-state index contributed by atoms with van der Waals surface area (Å²) in [6.45, 7) is 0.460. The third-order valence-electron chi connectivity index (χ3n) is 3.54. The van der Waals surface area contributed by atoms with Gasteiger partial charge in [-0.1, -0.05) is 47.6 Å². The highest BCUT2D eigenvalue weighted by atomic mass is 35.5. The summed E-state index contributed by atoms with van der Waals surface area (Å²) in [6, 6.07) is 17.2. The average Bonchev–Trinajstić information content (AvgIpc) is 3.03. The minimum Gasteiger partial charge on any atom is -0.481 e. The number of benzene rings is 2. The second kappa shape index (κ2) is 8.73. The summed E-state index contributed by atoms with van der Waals surface area (Å²) < 4.78 is 1.93. The Hall–Kier alpha value is -2.51. The Morgan fingerprint density at radius 1 is 1.15 bits per heavy atom. The second-order valence-electron chi connectivity index (χ2n) is 5.43. The lowest BCUT2D eigenvalue weighted by molar-refractivity contribution is -0.136. The van der Waals surface area contributed by atoms with E-state index in [0.29, 0.717) is 22.5 Å². The zero-order chi connectivity index (χ0) is 18.4. The molecular formula is C18H17ClN4O2S. The average molecular weight is 389 g/mol. The van der Waals surface area contributed by atoms with Crippen LogP contribution in [-0.4, -0.2) is 31.6 Å². The fourth-order valence-electron chi connectivity index (χ4n) is 2.35. The highest BCUT2D eigenvalue weighted by molar-refractivity contribution is 7.99. The topological polar surface area (TPSA) is 80.0 Å². The molecule has 134 valence electrons. The zero-order valence-electron chi connectivity index (χ0n) is 13.8. The summed E-state index contributed by atoms with van der Waals surface area (Å²) >= 11 is 7.39. The first-order valence-corrected chi connectivity index (χ1v) is 9.33. The molecule has 0 saturated heterocycles. The van der Waals surface area contributed by atoms with Gasteiger partial charge in [0.05, 0.1) is 13.0 Å². The van der Waals surface area contributed by atoms with E-state index >= 15 is 0 Å². The van der Waals surface area contributed by atoms with Gasteiger partial charge in [-0.2, -0.15) is 0 Å². The first-order chi connectivity index (χ1) is 12.6. The van der Waals surface area contributed by atoms with Crippen LogP contribution < -0.4 is 5.32 Å². The lowest BCUT2D eigenvalue weighted by atomic mass is 10.3. The Morgan fingerprint density at radius 2 is 1.96 bits per heavy atom. The van der Waals surface area contributed by atoms with E-state index in [1.807, 2.05) is 59.2 Å². The predicted molar refractivity (Wildman–Crippen MR) is 103 cm³/mol. The Balaban J connectivity index is 1.82. The molecule has 0 saturated carbocycles. The van der Waals surface area contributed by atoms with Gasteiger partial charge in [-0.15, -0.1) is 10.2 Å². The van der Waals surface area contributed by atoms with E-state index in [2.05, 4.69) is 15.5 Å². The Morgan fingerprint density at radius 3 is 2.69 bits per heavy atom. The number of nitrogens with zero attached hydrogens (tertiary/aromatic N) is 3. The molecule has 3 aromatic rings. The quantitative estimate of drug-likeness (QED) is 0.565. The molecule has 0 bridgehead atoms. The number of nitrogens with one attached hydrogen (secondary N) is 1. The van der Waals surface area contributed by atoms with Crippen LogP contribution in [0.15, 0.2) is 59.8 Å². The molecule has 26 heavy (non-hydrogen) atoms. The van der Waals surface area contributed by atoms with Gasteiger partial charge >= 0.3 is 5.97 Å². The maximum atomic E-state index is 10.8. The van der Waals surface area contributed by atoms with Crippen LogP contribution in [0, 0.1) is 0 Å². The van der Waals surface area contributed by atoms with Gasteiger partial charge in [0.15, 0.2) is 11.0 Å². The van der Waals surface area contributed by atoms with Crippen LogP contribution in [0.4, 0.5) is 5.69 Å². The van der Waals surface area contributed by atoms with Crippen LogP contribution in [0.25, 0.3) is 5.69 Å². The molecule has 6 nitrogen and oxygen atoms in total. The summed E-state index contributed by atoms with van der Waals surface area (Å²) in [6.07, 6.45) is 0.0718. The summed E-state index contributed by atoms with van der Waals surface area (Å²) in [7, 11) is 0. The maximum Gasteiger partial charge on any atom is 0.304 e. The number of anilines is 1. The first kappa shape index (κ1) is 18.3. The molecule has 0 fully saturated rings. The number of hydrogen-bond donors (Lipinski definition) is 2. The molecule has 0 aliphatic heterocycles. The van der Waals surface area contributed by atoms with E-state index in [0.717, 1.165) is 17.2 Å². The fourth-order valence-corrected chi connectivity index (χ4v) is 3.44. The summed E-state index contributed by atoms with van der Waals surface area (Å²) in [5.41, 5.74) is 1.82. The lowest BCUT2D eigenvalue weighted by Crippen LogP contribution is -2.08. The molecular weight excluding hydrogens is 372 g/mol. The van der Waals surface area contributed by atoms with Crippen molar-refractivity contribution in [3.05, 3.63) is 65.4 Å². The van der Waals surface area contributed by atoms with Crippen LogP contribution in [-0.2, 0) is 11.3 Å². The number of carboxylic acid groups (broad SMARTS) is 1. The van der Waals surface area contributed by atoms with E-state index in [-0.39, 0.29) is 6.42 Å². The highest BCUT2D eigenvalue weighted by Gasteiger charge is 2.14. The van der Waals surface area contributed by atoms with Crippen molar-refractivity contribution in [2.24, 2.45) is 0 Å². The molecule has 2 aromatic carbocycles. The molecule has 0 aliphatic carbocycles. The van der Waals surface area contributed by atoms with Crippen molar-refractivity contribution in [2.75, 3.05) is 11.1 Å². The van der Waals surface area contributed by atoms with Crippen molar-refractivity contribution in [1.29, 1.82) is 0 Å². The van der Waals surface area contributed by atoms with Gasteiger partial charge in [-0.3, -0.25) is 9.36 Å². The standard InChI is InChI=1S/C18H17ClN4O2S/c19-13-5-4-6-14(11-13)20-12-16-21-22-18(26-10-9-17(24)25)23(16)15-7-2-1-3-8-15/h1-8,11,20H,9-10,12H2,(H,24,25). The fraction of sp³-hybridized carbons (Fsp3) is 0.167. The Kier molecular flexibility index (Phi) is 6.14. The molecule has 0 radical (unpaired) electrons. The van der Waals surface area contributed by atoms with Crippen LogP contribution in [0.3, 0.4) is 0 Å². The van der Waals surface area contributed by atoms with E-state index in [9.17, 15) is 4.79 Å². The number of carbonyl (C=O) groups is 1. The number of aliphatic carboxylic acids is 1. The van der Waals surface area contributed by atoms with Crippen molar-refractivity contribution in [2.45, 2.75) is 18.1 Å². The number of carboxylic acids is 1. The van der Waals surface area contributed by atoms with Crippen LogP contribution >= 0.6 is 23.4 Å². The second-order valence-corrected chi connectivity index (χ2v) is 6.92. The molecule has 1 heterocycles. The van der Waals surface area contributed by atoms with Gasteiger partial charge in [0, 0.05) is 22.2 Å². The number of hydrogen-bond acceptors (Lipinski definition) is 5. The number of para-hydroxylation sites is 1. The number of rotatable bonds is 8. The third kappa shape index (κ3) is 4.77. The molecule has 0 spiro atoms. The predicted octanol–water partition coefficient (Wildman–Crippen LogP) is 4.10. The van der Waals surface area contributed by atoms with Crippen molar-refractivity contribution in [3.63, 3.8) is 0 Å². The van der Waals surface area contributed by atoms with Gasteiger partial charge in [-0.05, 0) is 30.3 Å². The molecule has 0 amide bonds. The first-order valence-electron chi connectivity index (χ1n) is 7.97. The smallest absolute Gasteiger partial charge is 0.304 e. The van der Waals surface area contributed by atoms with E-state index < -0.39 is 5.97 Å². The lowest BCUT2D eigenvalue weighted by Gasteiger charge is -2.11. The van der Waals surface area contributed by atoms with Crippen molar-refractivity contribution >= 4 is 35.0 Å². The molecule has 3 rings (SSSR count). The van der Waals surface area contributed by atoms with Gasteiger partial charge in [0.2, 0.25) is 0 Å². The minimum atomic E-state index is -0.828. The zero-order valence-corrected chi connectivity index (χ0v) is 15.4. The molecule has 8 heteroatoms. The third-order valence-corrected chi connectivity index (χ3v) is 4.70. The van der Waals surface area contributed by atoms with Crippen molar-refractivity contribution < 1.29 is 9.90 Å². The number of halogens is 1. The number of aromatic nitrogens is 3. The van der Waals surface area contributed by atoms with Crippen LogP contribution in [0.1, 0.15) is 12.2 Å². The normalized spacial score (nSPS) is 10.7. The van der Waals surface area contributed by atoms with Crippen LogP contribution in [0.5, 0.6) is 0 Å². The highest BCUT2D eigenvalue weighted by Crippen LogP contribution is 2.23. The van der Waals surface area contributed by atoms with E-state index in [1.165, 1.54) is 11.8 Å².